The highest BCUT2D eigenvalue weighted by molar-refractivity contribution is 9.10. The third kappa shape index (κ3) is 4.95. The van der Waals surface area contributed by atoms with Crippen molar-refractivity contribution < 1.29 is 9.53 Å². The van der Waals surface area contributed by atoms with Crippen molar-refractivity contribution in [1.29, 1.82) is 0 Å². The number of rotatable bonds is 3. The van der Waals surface area contributed by atoms with Gasteiger partial charge in [0.05, 0.1) is 0 Å². The third-order valence-electron chi connectivity index (χ3n) is 3.66. The van der Waals surface area contributed by atoms with Crippen molar-refractivity contribution in [3.05, 3.63) is 28.5 Å². The van der Waals surface area contributed by atoms with E-state index in [0.717, 1.165) is 30.7 Å². The maximum absolute atomic E-state index is 12.1. The highest BCUT2D eigenvalue weighted by Gasteiger charge is 2.31. The lowest BCUT2D eigenvalue weighted by Gasteiger charge is -2.26. The molecule has 1 atom stereocenters. The number of ether oxygens (including phenoxy) is 1. The molecule has 1 aromatic rings. The predicted octanol–water partition coefficient (Wildman–Crippen LogP) is 3.29. The molecule has 0 saturated carbocycles. The molecule has 1 amide bonds. The van der Waals surface area contributed by atoms with Crippen LogP contribution in [0.15, 0.2) is 22.9 Å². The fraction of sp³-hybridized carbons (Fsp3) is 0.625. The summed E-state index contributed by atoms with van der Waals surface area (Å²) in [6.45, 7) is 7.98. The SMILES string of the molecule is CN(Cc1ccc(Br)nc1)C1CCN(C(=O)OC(C)(C)C)C1. The van der Waals surface area contributed by atoms with Gasteiger partial charge in [0.25, 0.3) is 0 Å². The number of amides is 1. The number of carbonyl (C=O) groups excluding carboxylic acids is 1. The molecule has 0 spiro atoms. The molecule has 0 aliphatic carbocycles. The predicted molar refractivity (Wildman–Crippen MR) is 89.6 cm³/mol. The minimum atomic E-state index is -0.440. The lowest BCUT2D eigenvalue weighted by Crippen LogP contribution is -2.38. The summed E-state index contributed by atoms with van der Waals surface area (Å²) in [5.41, 5.74) is 0.728. The van der Waals surface area contributed by atoms with Gasteiger partial charge >= 0.3 is 6.09 Å². The van der Waals surface area contributed by atoms with Crippen LogP contribution in [0.4, 0.5) is 4.79 Å². The van der Waals surface area contributed by atoms with Gasteiger partial charge in [0.15, 0.2) is 0 Å². The van der Waals surface area contributed by atoms with E-state index in [1.807, 2.05) is 33.0 Å². The second-order valence-corrected chi connectivity index (χ2v) is 7.59. The Bertz CT molecular complexity index is 513. The van der Waals surface area contributed by atoms with Crippen molar-refractivity contribution in [1.82, 2.24) is 14.8 Å². The fourth-order valence-corrected chi connectivity index (χ4v) is 2.75. The van der Waals surface area contributed by atoms with Gasteiger partial charge in [0.2, 0.25) is 0 Å². The van der Waals surface area contributed by atoms with Gasteiger partial charge in [0, 0.05) is 31.9 Å². The zero-order valence-corrected chi connectivity index (χ0v) is 15.3. The van der Waals surface area contributed by atoms with Crippen molar-refractivity contribution in [2.24, 2.45) is 0 Å². The molecule has 1 aromatic heterocycles. The molecule has 0 N–H and O–H groups in total. The maximum atomic E-state index is 12.1. The Kier molecular flexibility index (Phi) is 5.45. The Hall–Kier alpha value is -1.14. The largest absolute Gasteiger partial charge is 0.444 e. The minimum absolute atomic E-state index is 0.214. The average molecular weight is 370 g/mol. The Morgan fingerprint density at radius 2 is 2.23 bits per heavy atom. The number of hydrogen-bond acceptors (Lipinski definition) is 4. The molecule has 1 aliphatic heterocycles. The Morgan fingerprint density at radius 3 is 2.82 bits per heavy atom. The monoisotopic (exact) mass is 369 g/mol. The summed E-state index contributed by atoms with van der Waals surface area (Å²) < 4.78 is 6.28. The number of carbonyl (C=O) groups is 1. The van der Waals surface area contributed by atoms with E-state index in [1.165, 1.54) is 5.56 Å². The van der Waals surface area contributed by atoms with Gasteiger partial charge < -0.3 is 9.64 Å². The number of aromatic nitrogens is 1. The first-order valence-corrected chi connectivity index (χ1v) is 8.32. The van der Waals surface area contributed by atoms with Crippen LogP contribution in [0.3, 0.4) is 0 Å². The number of halogens is 1. The molecule has 1 aliphatic rings. The van der Waals surface area contributed by atoms with Crippen LogP contribution < -0.4 is 0 Å². The summed E-state index contributed by atoms with van der Waals surface area (Å²) in [7, 11) is 2.09. The molecular formula is C16H24BrN3O2. The van der Waals surface area contributed by atoms with E-state index in [-0.39, 0.29) is 6.09 Å². The molecular weight excluding hydrogens is 346 g/mol. The Balaban J connectivity index is 1.87. The molecule has 0 bridgehead atoms. The van der Waals surface area contributed by atoms with Crippen LogP contribution in [0.25, 0.3) is 0 Å². The summed E-state index contributed by atoms with van der Waals surface area (Å²) in [5.74, 6) is 0. The van der Waals surface area contributed by atoms with Gasteiger partial charge in [-0.05, 0) is 61.8 Å². The number of hydrogen-bond donors (Lipinski definition) is 0. The summed E-state index contributed by atoms with van der Waals surface area (Å²) in [6.07, 6.45) is 2.63. The standard InChI is InChI=1S/C16H24BrN3O2/c1-16(2,3)22-15(21)20-8-7-13(11-20)19(4)10-12-5-6-14(17)18-9-12/h5-6,9,13H,7-8,10-11H2,1-4H3. The fourth-order valence-electron chi connectivity index (χ4n) is 2.51. The van der Waals surface area contributed by atoms with Crippen molar-refractivity contribution in [2.45, 2.75) is 45.4 Å². The van der Waals surface area contributed by atoms with Gasteiger partial charge in [-0.1, -0.05) is 6.07 Å². The van der Waals surface area contributed by atoms with Crippen LogP contribution in [0, 0.1) is 0 Å². The molecule has 1 unspecified atom stereocenters. The molecule has 22 heavy (non-hydrogen) atoms. The molecule has 6 heteroatoms. The van der Waals surface area contributed by atoms with Crippen LogP contribution in [-0.4, -0.2) is 52.7 Å². The molecule has 5 nitrogen and oxygen atoms in total. The lowest BCUT2D eigenvalue weighted by molar-refractivity contribution is 0.0282. The zero-order valence-electron chi connectivity index (χ0n) is 13.7. The minimum Gasteiger partial charge on any atom is -0.444 e. The van der Waals surface area contributed by atoms with Crippen molar-refractivity contribution in [3.63, 3.8) is 0 Å². The lowest BCUT2D eigenvalue weighted by atomic mass is 10.2. The second-order valence-electron chi connectivity index (χ2n) is 6.77. The topological polar surface area (TPSA) is 45.7 Å². The van der Waals surface area contributed by atoms with Crippen LogP contribution in [0.5, 0.6) is 0 Å². The summed E-state index contributed by atoms with van der Waals surface area (Å²) >= 11 is 3.34. The third-order valence-corrected chi connectivity index (χ3v) is 4.13. The molecule has 0 radical (unpaired) electrons. The van der Waals surface area contributed by atoms with Crippen LogP contribution in [0.1, 0.15) is 32.8 Å². The number of likely N-dealkylation sites (tertiary alicyclic amines) is 1. The summed E-state index contributed by atoms with van der Waals surface area (Å²) in [4.78, 5) is 20.4. The van der Waals surface area contributed by atoms with E-state index in [9.17, 15) is 4.79 Å². The van der Waals surface area contributed by atoms with Gasteiger partial charge in [-0.15, -0.1) is 0 Å². The first kappa shape index (κ1) is 17.2. The van der Waals surface area contributed by atoms with E-state index in [0.29, 0.717) is 6.04 Å². The average Bonchev–Trinajstić information content (AvgIpc) is 2.89. The smallest absolute Gasteiger partial charge is 0.410 e. The highest BCUT2D eigenvalue weighted by Crippen LogP contribution is 2.19. The van der Waals surface area contributed by atoms with Crippen LogP contribution in [-0.2, 0) is 11.3 Å². The van der Waals surface area contributed by atoms with Gasteiger partial charge in [0.1, 0.15) is 10.2 Å². The van der Waals surface area contributed by atoms with Gasteiger partial charge in [-0.2, -0.15) is 0 Å². The summed E-state index contributed by atoms with van der Waals surface area (Å²) in [5, 5.41) is 0. The van der Waals surface area contributed by atoms with Crippen LogP contribution >= 0.6 is 15.9 Å². The molecule has 1 saturated heterocycles. The molecule has 1 fully saturated rings. The first-order valence-electron chi connectivity index (χ1n) is 7.53. The highest BCUT2D eigenvalue weighted by atomic mass is 79.9. The van der Waals surface area contributed by atoms with E-state index >= 15 is 0 Å². The van der Waals surface area contributed by atoms with E-state index in [4.69, 9.17) is 4.74 Å². The van der Waals surface area contributed by atoms with E-state index in [1.54, 1.807) is 4.90 Å². The van der Waals surface area contributed by atoms with Crippen molar-refractivity contribution in [2.75, 3.05) is 20.1 Å². The van der Waals surface area contributed by atoms with E-state index < -0.39 is 5.60 Å². The number of nitrogens with zero attached hydrogens (tertiary/aromatic N) is 3. The van der Waals surface area contributed by atoms with E-state index in [2.05, 4.69) is 38.9 Å². The Labute approximate surface area is 140 Å². The van der Waals surface area contributed by atoms with Crippen molar-refractivity contribution >= 4 is 22.0 Å². The normalized spacial score (nSPS) is 18.8. The molecule has 122 valence electrons. The maximum Gasteiger partial charge on any atom is 0.410 e. The van der Waals surface area contributed by atoms with Gasteiger partial charge in [-0.3, -0.25) is 4.90 Å². The summed E-state index contributed by atoms with van der Waals surface area (Å²) in [6, 6.07) is 4.37. The molecule has 2 heterocycles. The second kappa shape index (κ2) is 6.96. The van der Waals surface area contributed by atoms with Gasteiger partial charge in [-0.25, -0.2) is 9.78 Å². The zero-order chi connectivity index (χ0) is 16.3. The molecule has 2 rings (SSSR count). The van der Waals surface area contributed by atoms with Crippen molar-refractivity contribution in [3.8, 4) is 0 Å². The number of likely N-dealkylation sites (N-methyl/N-ethyl adjacent to an activating group) is 1. The molecule has 0 aromatic carbocycles. The number of pyridine rings is 1. The van der Waals surface area contributed by atoms with Crippen LogP contribution in [0.2, 0.25) is 0 Å². The Morgan fingerprint density at radius 1 is 1.50 bits per heavy atom. The first-order chi connectivity index (χ1) is 10.2. The quantitative estimate of drug-likeness (QED) is 0.766.